The Morgan fingerprint density at radius 1 is 0.821 bits per heavy atom. The van der Waals surface area contributed by atoms with Crippen molar-refractivity contribution in [3.63, 3.8) is 0 Å². The number of amides is 1. The molecule has 1 aliphatic rings. The van der Waals surface area contributed by atoms with E-state index in [0.717, 1.165) is 33.9 Å². The van der Waals surface area contributed by atoms with Crippen molar-refractivity contribution in [2.75, 3.05) is 41.7 Å². The van der Waals surface area contributed by atoms with Crippen molar-refractivity contribution >= 4 is 38.9 Å². The van der Waals surface area contributed by atoms with Crippen LogP contribution in [0.25, 0.3) is 11.3 Å². The first-order valence-corrected chi connectivity index (χ1v) is 14.1. The zero-order chi connectivity index (χ0) is 27.4. The molecule has 1 aromatic heterocycles. The minimum atomic E-state index is -3.49. The van der Waals surface area contributed by atoms with Crippen LogP contribution in [0, 0.1) is 6.92 Å². The van der Waals surface area contributed by atoms with Crippen LogP contribution < -0.4 is 15.5 Å². The molecule has 4 aromatic rings. The molecule has 3 aromatic carbocycles. The third-order valence-electron chi connectivity index (χ3n) is 6.54. The second-order valence-electron chi connectivity index (χ2n) is 9.40. The van der Waals surface area contributed by atoms with E-state index >= 15 is 0 Å². The lowest BCUT2D eigenvalue weighted by Crippen LogP contribution is -2.48. The normalized spacial score (nSPS) is 14.2. The fourth-order valence-electron chi connectivity index (χ4n) is 4.44. The highest BCUT2D eigenvalue weighted by Crippen LogP contribution is 2.25. The fraction of sp³-hybridized carbons (Fsp3) is 0.207. The smallest absolute Gasteiger partial charge is 0.243 e. The minimum Gasteiger partial charge on any atom is -0.369 e. The Labute approximate surface area is 228 Å². The molecule has 1 saturated heterocycles. The Balaban J connectivity index is 1.20. The SMILES string of the molecule is CC(=O)Nc1ccc(-c2ccnc(Nc3ccc(N4CCN(S(=O)(=O)c5ccc(C)cc5)CC4)cc3)n2)cc1. The first-order chi connectivity index (χ1) is 18.8. The van der Waals surface area contributed by atoms with Crippen molar-refractivity contribution in [1.29, 1.82) is 0 Å². The van der Waals surface area contributed by atoms with E-state index < -0.39 is 10.0 Å². The Kier molecular flexibility index (Phi) is 7.58. The minimum absolute atomic E-state index is 0.115. The monoisotopic (exact) mass is 542 g/mol. The molecule has 2 N–H and O–H groups in total. The molecular weight excluding hydrogens is 512 g/mol. The molecule has 0 bridgehead atoms. The number of carbonyl (C=O) groups excluding carboxylic acids is 1. The molecule has 0 atom stereocenters. The van der Waals surface area contributed by atoms with Gasteiger partial charge in [-0.05, 0) is 61.5 Å². The van der Waals surface area contributed by atoms with E-state index in [4.69, 9.17) is 0 Å². The summed E-state index contributed by atoms with van der Waals surface area (Å²) in [4.78, 5) is 22.7. The van der Waals surface area contributed by atoms with Crippen LogP contribution >= 0.6 is 0 Å². The van der Waals surface area contributed by atoms with Crippen molar-refractivity contribution in [3.8, 4) is 11.3 Å². The number of aromatic nitrogens is 2. The lowest BCUT2D eigenvalue weighted by atomic mass is 10.1. The summed E-state index contributed by atoms with van der Waals surface area (Å²) in [7, 11) is -3.49. The van der Waals surface area contributed by atoms with Gasteiger partial charge in [0.2, 0.25) is 21.9 Å². The number of benzene rings is 3. The van der Waals surface area contributed by atoms with Gasteiger partial charge in [0.25, 0.3) is 0 Å². The van der Waals surface area contributed by atoms with Gasteiger partial charge in [-0.3, -0.25) is 4.79 Å². The van der Waals surface area contributed by atoms with Gasteiger partial charge in [0.05, 0.1) is 10.6 Å². The number of hydrogen-bond donors (Lipinski definition) is 2. The van der Waals surface area contributed by atoms with Gasteiger partial charge in [-0.1, -0.05) is 29.8 Å². The Bertz CT molecular complexity index is 1550. The number of hydrogen-bond acceptors (Lipinski definition) is 7. The summed E-state index contributed by atoms with van der Waals surface area (Å²) in [6.07, 6.45) is 1.70. The van der Waals surface area contributed by atoms with E-state index in [1.54, 1.807) is 22.6 Å². The number of nitrogens with one attached hydrogen (secondary N) is 2. The Morgan fingerprint density at radius 3 is 2.10 bits per heavy atom. The van der Waals surface area contributed by atoms with E-state index in [1.165, 1.54) is 6.92 Å². The predicted octanol–water partition coefficient (Wildman–Crippen LogP) is 4.66. The summed E-state index contributed by atoms with van der Waals surface area (Å²) in [6, 6.07) is 24.2. The van der Waals surface area contributed by atoms with Gasteiger partial charge in [-0.15, -0.1) is 0 Å². The molecule has 9 nitrogen and oxygen atoms in total. The quantitative estimate of drug-likeness (QED) is 0.350. The molecule has 0 unspecified atom stereocenters. The maximum absolute atomic E-state index is 13.0. The molecule has 39 heavy (non-hydrogen) atoms. The third kappa shape index (κ3) is 6.24. The number of piperazine rings is 1. The molecule has 0 spiro atoms. The van der Waals surface area contributed by atoms with Crippen LogP contribution in [0.5, 0.6) is 0 Å². The second-order valence-corrected chi connectivity index (χ2v) is 11.3. The van der Waals surface area contributed by atoms with Crippen molar-refractivity contribution in [2.24, 2.45) is 0 Å². The maximum atomic E-state index is 13.0. The molecule has 1 fully saturated rings. The molecular formula is C29H30N6O3S. The van der Waals surface area contributed by atoms with E-state index in [9.17, 15) is 13.2 Å². The summed E-state index contributed by atoms with van der Waals surface area (Å²) >= 11 is 0. The largest absolute Gasteiger partial charge is 0.369 e. The molecule has 0 aliphatic carbocycles. The van der Waals surface area contributed by atoms with Crippen molar-refractivity contribution < 1.29 is 13.2 Å². The summed E-state index contributed by atoms with van der Waals surface area (Å²) in [5, 5.41) is 6.00. The molecule has 200 valence electrons. The topological polar surface area (TPSA) is 108 Å². The van der Waals surface area contributed by atoms with Gasteiger partial charge in [0.1, 0.15) is 0 Å². The molecule has 0 radical (unpaired) electrons. The zero-order valence-corrected chi connectivity index (χ0v) is 22.6. The second kappa shape index (κ2) is 11.2. The zero-order valence-electron chi connectivity index (χ0n) is 21.8. The van der Waals surface area contributed by atoms with Gasteiger partial charge in [0, 0.05) is 61.9 Å². The van der Waals surface area contributed by atoms with E-state index in [0.29, 0.717) is 37.0 Å². The van der Waals surface area contributed by atoms with Gasteiger partial charge < -0.3 is 15.5 Å². The molecule has 10 heteroatoms. The van der Waals surface area contributed by atoms with Crippen LogP contribution in [0.2, 0.25) is 0 Å². The highest BCUT2D eigenvalue weighted by Gasteiger charge is 2.28. The van der Waals surface area contributed by atoms with Crippen LogP contribution in [0.3, 0.4) is 0 Å². The summed E-state index contributed by atoms with van der Waals surface area (Å²) in [6.45, 7) is 5.51. The number of sulfonamides is 1. The van der Waals surface area contributed by atoms with Crippen LogP contribution in [0.1, 0.15) is 12.5 Å². The van der Waals surface area contributed by atoms with E-state index in [-0.39, 0.29) is 5.91 Å². The average Bonchev–Trinajstić information content (AvgIpc) is 2.94. The molecule has 1 aliphatic heterocycles. The van der Waals surface area contributed by atoms with Crippen LogP contribution in [-0.4, -0.2) is 54.8 Å². The van der Waals surface area contributed by atoms with E-state index in [1.807, 2.05) is 73.7 Å². The lowest BCUT2D eigenvalue weighted by molar-refractivity contribution is -0.114. The molecule has 5 rings (SSSR count). The van der Waals surface area contributed by atoms with Crippen molar-refractivity contribution in [3.05, 3.63) is 90.6 Å². The number of nitrogens with zero attached hydrogens (tertiary/aromatic N) is 4. The molecule has 1 amide bonds. The van der Waals surface area contributed by atoms with Gasteiger partial charge in [-0.2, -0.15) is 4.31 Å². The number of rotatable bonds is 7. The number of anilines is 4. The van der Waals surface area contributed by atoms with Crippen molar-refractivity contribution in [2.45, 2.75) is 18.7 Å². The molecule has 2 heterocycles. The predicted molar refractivity (Wildman–Crippen MR) is 154 cm³/mol. The summed E-state index contributed by atoms with van der Waals surface area (Å²) in [5.41, 5.74) is 5.31. The summed E-state index contributed by atoms with van der Waals surface area (Å²) in [5.74, 6) is 0.358. The van der Waals surface area contributed by atoms with Crippen LogP contribution in [-0.2, 0) is 14.8 Å². The Morgan fingerprint density at radius 2 is 1.46 bits per heavy atom. The van der Waals surface area contributed by atoms with Crippen LogP contribution in [0.15, 0.2) is 90.0 Å². The standard InChI is InChI=1S/C29H30N6O3S/c1-21-3-13-27(14-4-21)39(37,38)35-19-17-34(18-20-35)26-11-9-25(10-12-26)32-29-30-16-15-28(33-29)23-5-7-24(8-6-23)31-22(2)36/h3-16H,17-20H2,1-2H3,(H,31,36)(H,30,32,33). The summed E-state index contributed by atoms with van der Waals surface area (Å²) < 4.78 is 27.6. The number of aryl methyl sites for hydroxylation is 1. The lowest BCUT2D eigenvalue weighted by Gasteiger charge is -2.35. The third-order valence-corrected chi connectivity index (χ3v) is 8.46. The highest BCUT2D eigenvalue weighted by molar-refractivity contribution is 7.89. The van der Waals surface area contributed by atoms with Gasteiger partial charge in [-0.25, -0.2) is 18.4 Å². The Hall–Kier alpha value is -4.28. The van der Waals surface area contributed by atoms with Crippen molar-refractivity contribution in [1.82, 2.24) is 14.3 Å². The highest BCUT2D eigenvalue weighted by atomic mass is 32.2. The van der Waals surface area contributed by atoms with Crippen LogP contribution in [0.4, 0.5) is 23.0 Å². The van der Waals surface area contributed by atoms with Gasteiger partial charge >= 0.3 is 0 Å². The average molecular weight is 543 g/mol. The van der Waals surface area contributed by atoms with E-state index in [2.05, 4.69) is 25.5 Å². The first-order valence-electron chi connectivity index (χ1n) is 12.7. The first kappa shape index (κ1) is 26.3. The maximum Gasteiger partial charge on any atom is 0.243 e. The molecule has 0 saturated carbocycles. The van der Waals surface area contributed by atoms with Gasteiger partial charge in [0.15, 0.2) is 0 Å². The fourth-order valence-corrected chi connectivity index (χ4v) is 5.86. The number of carbonyl (C=O) groups is 1.